The lowest BCUT2D eigenvalue weighted by Gasteiger charge is -2.22. The van der Waals surface area contributed by atoms with Crippen LogP contribution in [0, 0.1) is 0 Å². The minimum absolute atomic E-state index is 0.0266. The van der Waals surface area contributed by atoms with Gasteiger partial charge in [0.05, 0.1) is 18.8 Å². The van der Waals surface area contributed by atoms with Crippen molar-refractivity contribution in [3.63, 3.8) is 0 Å². The third kappa shape index (κ3) is 51.8. The Morgan fingerprint density at radius 3 is 0.938 bits per heavy atom. The molecule has 0 aromatic heterocycles. The van der Waals surface area contributed by atoms with Gasteiger partial charge in [0.1, 0.15) is 0 Å². The van der Waals surface area contributed by atoms with E-state index in [4.69, 9.17) is 0 Å². The summed E-state index contributed by atoms with van der Waals surface area (Å²) < 4.78 is 0. The summed E-state index contributed by atoms with van der Waals surface area (Å²) in [5, 5.41) is 23.4. The number of amides is 1. The normalized spacial score (nSPS) is 12.9. The molecule has 2 atom stereocenters. The Kier molecular flexibility index (Phi) is 55.2. The Hall–Kier alpha value is -1.13. The average molecular weight is 901 g/mol. The second-order valence-electron chi connectivity index (χ2n) is 20.4. The standard InChI is InChI=1S/C60H117NO3/c1-3-5-7-9-11-13-15-17-19-21-23-25-27-29-30-32-33-35-37-39-41-43-45-47-49-51-53-55-59(63)58(57-62)61-60(64)56-54-52-50-48-46-44-42-40-38-36-34-31-28-26-24-22-20-18-16-14-12-10-8-6-4-2/h16,18,22,24,58-59,62-63H,3-15,17,19-21,23,25-57H2,1-2H3,(H,61,64)/b18-16-,24-22-. The number of carbonyl (C=O) groups excluding carboxylic acids is 1. The maximum Gasteiger partial charge on any atom is 0.220 e. The molecule has 4 nitrogen and oxygen atoms in total. The lowest BCUT2D eigenvalue weighted by Crippen LogP contribution is -2.45. The second-order valence-corrected chi connectivity index (χ2v) is 20.4. The Bertz CT molecular complexity index is 932. The van der Waals surface area contributed by atoms with E-state index in [1.54, 1.807) is 0 Å². The van der Waals surface area contributed by atoms with Crippen molar-refractivity contribution in [1.82, 2.24) is 5.32 Å². The summed E-state index contributed by atoms with van der Waals surface area (Å²) in [6.45, 7) is 4.39. The summed E-state index contributed by atoms with van der Waals surface area (Å²) >= 11 is 0. The minimum atomic E-state index is -0.660. The Balaban J connectivity index is 3.42. The van der Waals surface area contributed by atoms with Crippen LogP contribution < -0.4 is 5.32 Å². The van der Waals surface area contributed by atoms with Gasteiger partial charge in [-0.2, -0.15) is 0 Å². The van der Waals surface area contributed by atoms with E-state index in [9.17, 15) is 15.0 Å². The highest BCUT2D eigenvalue weighted by molar-refractivity contribution is 5.76. The lowest BCUT2D eigenvalue weighted by molar-refractivity contribution is -0.123. The molecule has 0 saturated carbocycles. The fourth-order valence-electron chi connectivity index (χ4n) is 9.45. The zero-order valence-corrected chi connectivity index (χ0v) is 43.8. The summed E-state index contributed by atoms with van der Waals surface area (Å²) in [5.74, 6) is -0.0266. The number of allylic oxidation sites excluding steroid dienone is 4. The maximum absolute atomic E-state index is 12.5. The Labute approximate surface area is 402 Å². The maximum atomic E-state index is 12.5. The van der Waals surface area contributed by atoms with Crippen LogP contribution in [0.3, 0.4) is 0 Å². The van der Waals surface area contributed by atoms with E-state index in [0.717, 1.165) is 32.1 Å². The highest BCUT2D eigenvalue weighted by Gasteiger charge is 2.20. The van der Waals surface area contributed by atoms with Crippen molar-refractivity contribution < 1.29 is 15.0 Å². The molecule has 0 radical (unpaired) electrons. The van der Waals surface area contributed by atoms with E-state index in [-0.39, 0.29) is 12.5 Å². The van der Waals surface area contributed by atoms with Crippen LogP contribution in [0.5, 0.6) is 0 Å². The van der Waals surface area contributed by atoms with E-state index < -0.39 is 12.1 Å². The van der Waals surface area contributed by atoms with E-state index >= 15 is 0 Å². The first-order chi connectivity index (χ1) is 31.7. The number of nitrogens with one attached hydrogen (secondary N) is 1. The molecule has 0 bridgehead atoms. The summed E-state index contributed by atoms with van der Waals surface area (Å²) in [6.07, 6.45) is 74.6. The van der Waals surface area contributed by atoms with Crippen LogP contribution in [0.2, 0.25) is 0 Å². The summed E-state index contributed by atoms with van der Waals surface area (Å²) in [7, 11) is 0. The van der Waals surface area contributed by atoms with Gasteiger partial charge in [-0.25, -0.2) is 0 Å². The fraction of sp³-hybridized carbons (Fsp3) is 0.917. The minimum Gasteiger partial charge on any atom is -0.394 e. The third-order valence-electron chi connectivity index (χ3n) is 14.0. The van der Waals surface area contributed by atoms with Crippen LogP contribution in [-0.4, -0.2) is 34.9 Å². The van der Waals surface area contributed by atoms with Gasteiger partial charge < -0.3 is 15.5 Å². The first-order valence-corrected chi connectivity index (χ1v) is 29.5. The molecule has 4 heteroatoms. The van der Waals surface area contributed by atoms with E-state index in [0.29, 0.717) is 12.8 Å². The molecule has 0 aromatic rings. The molecule has 3 N–H and O–H groups in total. The molecule has 0 heterocycles. The molecule has 0 rings (SSSR count). The monoisotopic (exact) mass is 900 g/mol. The van der Waals surface area contributed by atoms with Gasteiger partial charge in [0, 0.05) is 6.42 Å². The van der Waals surface area contributed by atoms with Crippen LogP contribution in [0.1, 0.15) is 335 Å². The highest BCUT2D eigenvalue weighted by atomic mass is 16.3. The molecule has 0 aromatic carbocycles. The fourth-order valence-corrected chi connectivity index (χ4v) is 9.45. The number of rotatable bonds is 55. The van der Waals surface area contributed by atoms with Crippen LogP contribution in [0.25, 0.3) is 0 Å². The Morgan fingerprint density at radius 1 is 0.375 bits per heavy atom. The molecule has 2 unspecified atom stereocenters. The van der Waals surface area contributed by atoms with Gasteiger partial charge in [-0.3, -0.25) is 4.79 Å². The first kappa shape index (κ1) is 62.9. The van der Waals surface area contributed by atoms with Crippen LogP contribution in [0.15, 0.2) is 24.3 Å². The van der Waals surface area contributed by atoms with Crippen molar-refractivity contribution in [3.8, 4) is 0 Å². The largest absolute Gasteiger partial charge is 0.394 e. The van der Waals surface area contributed by atoms with Gasteiger partial charge in [-0.15, -0.1) is 0 Å². The third-order valence-corrected chi connectivity index (χ3v) is 14.0. The summed E-state index contributed by atoms with van der Waals surface area (Å²) in [6, 6.07) is -0.536. The van der Waals surface area contributed by atoms with E-state index in [1.807, 2.05) is 0 Å². The van der Waals surface area contributed by atoms with Crippen molar-refractivity contribution >= 4 is 5.91 Å². The smallest absolute Gasteiger partial charge is 0.220 e. The van der Waals surface area contributed by atoms with Crippen molar-refractivity contribution in [1.29, 1.82) is 0 Å². The van der Waals surface area contributed by atoms with Gasteiger partial charge in [0.15, 0.2) is 0 Å². The number of aliphatic hydroxyl groups excluding tert-OH is 2. The number of hydrogen-bond acceptors (Lipinski definition) is 3. The van der Waals surface area contributed by atoms with Crippen LogP contribution in [0.4, 0.5) is 0 Å². The van der Waals surface area contributed by atoms with Crippen LogP contribution in [-0.2, 0) is 4.79 Å². The molecular weight excluding hydrogens is 783 g/mol. The number of unbranched alkanes of at least 4 members (excludes halogenated alkanes) is 44. The molecule has 1 amide bonds. The summed E-state index contributed by atoms with van der Waals surface area (Å²) in [4.78, 5) is 12.5. The quantitative estimate of drug-likeness (QED) is 0.0421. The molecule has 380 valence electrons. The second kappa shape index (κ2) is 56.2. The van der Waals surface area contributed by atoms with Crippen molar-refractivity contribution in [2.75, 3.05) is 6.61 Å². The first-order valence-electron chi connectivity index (χ1n) is 29.5. The molecule has 0 aliphatic carbocycles. The SMILES string of the molecule is CCCCCCC/C=C\C/C=C\CCCCCCCCCCCCCCCC(=O)NC(CO)C(O)CCCCCCCCCCCCCCCCCCCCCCCCCCCCC. The predicted octanol–water partition coefficient (Wildman–Crippen LogP) is 19.5. The zero-order valence-electron chi connectivity index (χ0n) is 43.8. The van der Waals surface area contributed by atoms with Crippen molar-refractivity contribution in [2.24, 2.45) is 0 Å². The molecule has 0 fully saturated rings. The molecule has 0 aliphatic heterocycles. The van der Waals surface area contributed by atoms with Crippen molar-refractivity contribution in [3.05, 3.63) is 24.3 Å². The molecular formula is C60H117NO3. The van der Waals surface area contributed by atoms with Crippen molar-refractivity contribution in [2.45, 2.75) is 347 Å². The number of aliphatic hydroxyl groups is 2. The van der Waals surface area contributed by atoms with Gasteiger partial charge in [0.25, 0.3) is 0 Å². The molecule has 64 heavy (non-hydrogen) atoms. The Morgan fingerprint density at radius 2 is 0.641 bits per heavy atom. The predicted molar refractivity (Wildman–Crippen MR) is 286 cm³/mol. The number of carbonyl (C=O) groups is 1. The molecule has 0 aliphatic rings. The van der Waals surface area contributed by atoms with E-state index in [1.165, 1.54) is 276 Å². The number of hydrogen-bond donors (Lipinski definition) is 3. The van der Waals surface area contributed by atoms with Gasteiger partial charge in [-0.05, 0) is 44.9 Å². The zero-order chi connectivity index (χ0) is 46.3. The van der Waals surface area contributed by atoms with E-state index in [2.05, 4.69) is 43.5 Å². The van der Waals surface area contributed by atoms with Gasteiger partial charge in [0.2, 0.25) is 5.91 Å². The van der Waals surface area contributed by atoms with Gasteiger partial charge in [-0.1, -0.05) is 308 Å². The molecule has 0 saturated heterocycles. The van der Waals surface area contributed by atoms with Crippen LogP contribution >= 0.6 is 0 Å². The van der Waals surface area contributed by atoms with Gasteiger partial charge >= 0.3 is 0 Å². The summed E-state index contributed by atoms with van der Waals surface area (Å²) in [5.41, 5.74) is 0. The lowest BCUT2D eigenvalue weighted by atomic mass is 10.0. The average Bonchev–Trinajstić information content (AvgIpc) is 3.30. The topological polar surface area (TPSA) is 69.6 Å². The molecule has 0 spiro atoms. The highest BCUT2D eigenvalue weighted by Crippen LogP contribution is 2.18.